The van der Waals surface area contributed by atoms with Crippen molar-refractivity contribution in [2.45, 2.75) is 31.4 Å². The van der Waals surface area contributed by atoms with Gasteiger partial charge in [-0.05, 0) is 30.0 Å². The highest BCUT2D eigenvalue weighted by molar-refractivity contribution is 5.69. The molecule has 0 N–H and O–H groups in total. The topological polar surface area (TPSA) is 29.5 Å². The third kappa shape index (κ3) is 3.53. The van der Waals surface area contributed by atoms with Gasteiger partial charge in [-0.25, -0.2) is 4.79 Å². The number of ether oxygens (including phenoxy) is 1. The zero-order valence-corrected chi connectivity index (χ0v) is 16.1. The molecule has 0 bridgehead atoms. The summed E-state index contributed by atoms with van der Waals surface area (Å²) < 4.78 is 5.63. The molecule has 1 amide bonds. The molecule has 3 heteroatoms. The number of likely N-dealkylation sites (tertiary alicyclic amines) is 1. The Balaban J connectivity index is 1.59. The smallest absolute Gasteiger partial charge is 0.410 e. The third-order valence-electron chi connectivity index (χ3n) is 5.71. The molecule has 1 heterocycles. The maximum atomic E-state index is 12.9. The summed E-state index contributed by atoms with van der Waals surface area (Å²) in [6.07, 6.45) is 0.631. The molecule has 0 aromatic heterocycles. The van der Waals surface area contributed by atoms with Gasteiger partial charge in [0.25, 0.3) is 0 Å². The number of rotatable bonds is 4. The summed E-state index contributed by atoms with van der Waals surface area (Å²) in [6.45, 7) is 3.03. The van der Waals surface area contributed by atoms with Crippen molar-refractivity contribution < 1.29 is 9.53 Å². The zero-order chi connectivity index (χ0) is 19.4. The summed E-state index contributed by atoms with van der Waals surface area (Å²) in [4.78, 5) is 14.8. The van der Waals surface area contributed by atoms with E-state index in [0.717, 1.165) is 12.0 Å². The molecule has 3 nitrogen and oxygen atoms in total. The number of carbonyl (C=O) groups is 1. The molecule has 1 aliphatic heterocycles. The van der Waals surface area contributed by atoms with Gasteiger partial charge < -0.3 is 9.64 Å². The van der Waals surface area contributed by atoms with Crippen LogP contribution in [-0.4, -0.2) is 23.6 Å². The summed E-state index contributed by atoms with van der Waals surface area (Å²) in [5, 5.41) is 0. The SMILES string of the molecule is C[C@@H]1CC(c2ccccc2)(c2ccccc2)CN1C(=O)OCc1ccccc1. The lowest BCUT2D eigenvalue weighted by Crippen LogP contribution is -2.37. The Morgan fingerprint density at radius 1 is 0.893 bits per heavy atom. The summed E-state index contributed by atoms with van der Waals surface area (Å²) in [5.41, 5.74) is 3.27. The van der Waals surface area contributed by atoms with E-state index in [0.29, 0.717) is 13.2 Å². The minimum absolute atomic E-state index is 0.101. The van der Waals surface area contributed by atoms with Gasteiger partial charge in [0.15, 0.2) is 0 Å². The summed E-state index contributed by atoms with van der Waals surface area (Å²) in [7, 11) is 0. The number of hydrogen-bond donors (Lipinski definition) is 0. The third-order valence-corrected chi connectivity index (χ3v) is 5.71. The average molecular weight is 371 g/mol. The van der Waals surface area contributed by atoms with Crippen LogP contribution in [0.15, 0.2) is 91.0 Å². The van der Waals surface area contributed by atoms with Gasteiger partial charge in [0, 0.05) is 18.0 Å². The van der Waals surface area contributed by atoms with Crippen LogP contribution in [-0.2, 0) is 16.8 Å². The Labute approximate surface area is 166 Å². The summed E-state index contributed by atoms with van der Waals surface area (Å²) in [6, 6.07) is 30.9. The predicted molar refractivity (Wildman–Crippen MR) is 111 cm³/mol. The first-order valence-corrected chi connectivity index (χ1v) is 9.77. The van der Waals surface area contributed by atoms with Gasteiger partial charge in [0.05, 0.1) is 0 Å². The van der Waals surface area contributed by atoms with Crippen molar-refractivity contribution in [2.24, 2.45) is 0 Å². The maximum absolute atomic E-state index is 12.9. The number of nitrogens with zero attached hydrogens (tertiary/aromatic N) is 1. The standard InChI is InChI=1S/C25H25NO2/c1-20-17-25(22-13-7-3-8-14-22,23-15-9-4-10-16-23)19-26(20)24(27)28-18-21-11-5-2-6-12-21/h2-16,20H,17-19H2,1H3/t20-/m1/s1. The van der Waals surface area contributed by atoms with Gasteiger partial charge in [0.2, 0.25) is 0 Å². The van der Waals surface area contributed by atoms with Crippen molar-refractivity contribution in [3.8, 4) is 0 Å². The molecule has 1 atom stereocenters. The van der Waals surface area contributed by atoms with Crippen LogP contribution < -0.4 is 0 Å². The zero-order valence-electron chi connectivity index (χ0n) is 16.1. The van der Waals surface area contributed by atoms with Gasteiger partial charge in [-0.2, -0.15) is 0 Å². The first kappa shape index (κ1) is 18.3. The second-order valence-corrected chi connectivity index (χ2v) is 7.54. The van der Waals surface area contributed by atoms with Gasteiger partial charge in [-0.15, -0.1) is 0 Å². The van der Waals surface area contributed by atoms with Gasteiger partial charge in [-0.3, -0.25) is 0 Å². The molecule has 142 valence electrons. The monoisotopic (exact) mass is 371 g/mol. The van der Waals surface area contributed by atoms with Crippen LogP contribution >= 0.6 is 0 Å². The van der Waals surface area contributed by atoms with Gasteiger partial charge in [-0.1, -0.05) is 91.0 Å². The van der Waals surface area contributed by atoms with E-state index in [1.807, 2.05) is 47.4 Å². The highest BCUT2D eigenvalue weighted by atomic mass is 16.6. The quantitative estimate of drug-likeness (QED) is 0.614. The van der Waals surface area contributed by atoms with Crippen LogP contribution in [0.25, 0.3) is 0 Å². The van der Waals surface area contributed by atoms with E-state index in [9.17, 15) is 4.79 Å². The lowest BCUT2D eigenvalue weighted by atomic mass is 9.73. The van der Waals surface area contributed by atoms with E-state index in [1.165, 1.54) is 11.1 Å². The molecule has 28 heavy (non-hydrogen) atoms. The van der Waals surface area contributed by atoms with E-state index >= 15 is 0 Å². The normalized spacial score (nSPS) is 18.0. The Hall–Kier alpha value is -3.07. The average Bonchev–Trinajstić information content (AvgIpc) is 3.13. The highest BCUT2D eigenvalue weighted by Crippen LogP contribution is 2.43. The van der Waals surface area contributed by atoms with Crippen molar-refractivity contribution >= 4 is 6.09 Å². The molecule has 0 radical (unpaired) electrons. The minimum Gasteiger partial charge on any atom is -0.445 e. The molecule has 0 aliphatic carbocycles. The van der Waals surface area contributed by atoms with Crippen LogP contribution in [0.4, 0.5) is 4.79 Å². The second-order valence-electron chi connectivity index (χ2n) is 7.54. The molecule has 4 rings (SSSR count). The molecular formula is C25H25NO2. The molecule has 3 aromatic carbocycles. The first-order valence-electron chi connectivity index (χ1n) is 9.77. The Morgan fingerprint density at radius 2 is 1.39 bits per heavy atom. The van der Waals surface area contributed by atoms with Crippen LogP contribution in [0.2, 0.25) is 0 Å². The Kier molecular flexibility index (Phi) is 5.16. The molecule has 0 spiro atoms. The lowest BCUT2D eigenvalue weighted by molar-refractivity contribution is 0.0934. The Bertz CT molecular complexity index is 870. The lowest BCUT2D eigenvalue weighted by Gasteiger charge is -2.30. The van der Waals surface area contributed by atoms with Gasteiger partial charge >= 0.3 is 6.09 Å². The van der Waals surface area contributed by atoms with E-state index < -0.39 is 0 Å². The molecule has 0 saturated carbocycles. The second kappa shape index (κ2) is 7.89. The molecule has 1 saturated heterocycles. The number of carbonyl (C=O) groups excluding carboxylic acids is 1. The van der Waals surface area contributed by atoms with Crippen molar-refractivity contribution in [3.05, 3.63) is 108 Å². The molecule has 0 unspecified atom stereocenters. The molecule has 3 aromatic rings. The number of amides is 1. The largest absolute Gasteiger partial charge is 0.445 e. The van der Waals surface area contributed by atoms with Crippen molar-refractivity contribution in [1.29, 1.82) is 0 Å². The van der Waals surface area contributed by atoms with Crippen LogP contribution in [0.5, 0.6) is 0 Å². The van der Waals surface area contributed by atoms with Crippen LogP contribution in [0, 0.1) is 0 Å². The van der Waals surface area contributed by atoms with Crippen molar-refractivity contribution in [3.63, 3.8) is 0 Å². The Morgan fingerprint density at radius 3 is 1.93 bits per heavy atom. The summed E-state index contributed by atoms with van der Waals surface area (Å²) in [5.74, 6) is 0. The fourth-order valence-electron chi connectivity index (χ4n) is 4.27. The van der Waals surface area contributed by atoms with E-state index in [4.69, 9.17) is 4.74 Å². The number of hydrogen-bond acceptors (Lipinski definition) is 2. The van der Waals surface area contributed by atoms with Crippen molar-refractivity contribution in [2.75, 3.05) is 6.54 Å². The van der Waals surface area contributed by atoms with Crippen molar-refractivity contribution in [1.82, 2.24) is 4.90 Å². The fourth-order valence-corrected chi connectivity index (χ4v) is 4.27. The fraction of sp³-hybridized carbons (Fsp3) is 0.240. The van der Waals surface area contributed by atoms with Crippen LogP contribution in [0.3, 0.4) is 0 Å². The van der Waals surface area contributed by atoms with E-state index in [-0.39, 0.29) is 17.6 Å². The summed E-state index contributed by atoms with van der Waals surface area (Å²) >= 11 is 0. The maximum Gasteiger partial charge on any atom is 0.410 e. The molecule has 1 fully saturated rings. The molecule has 1 aliphatic rings. The first-order chi connectivity index (χ1) is 13.7. The highest BCUT2D eigenvalue weighted by Gasteiger charge is 2.46. The predicted octanol–water partition coefficient (Wildman–Crippen LogP) is 5.40. The van der Waals surface area contributed by atoms with Gasteiger partial charge in [0.1, 0.15) is 6.61 Å². The van der Waals surface area contributed by atoms with E-state index in [1.54, 1.807) is 0 Å². The molecular weight excluding hydrogens is 346 g/mol. The van der Waals surface area contributed by atoms with E-state index in [2.05, 4.69) is 55.5 Å². The van der Waals surface area contributed by atoms with Crippen LogP contribution in [0.1, 0.15) is 30.0 Å². The minimum atomic E-state index is -0.245. The number of benzene rings is 3.